The van der Waals surface area contributed by atoms with E-state index in [-0.39, 0.29) is 36.1 Å². The van der Waals surface area contributed by atoms with E-state index in [0.717, 1.165) is 62.0 Å². The number of phenols is 1. The number of fused-ring (bicyclic) bond motifs is 1. The second-order valence-electron chi connectivity index (χ2n) is 14.3. The zero-order chi connectivity index (χ0) is 36.8. The molecule has 4 aliphatic rings. The molecule has 1 atom stereocenters. The molecule has 14 heteroatoms. The number of hydrogen-bond acceptors (Lipinski definition) is 8. The molecule has 2 aromatic carbocycles. The molecule has 0 unspecified atom stereocenters. The quantitative estimate of drug-likeness (QED) is 0.287. The summed E-state index contributed by atoms with van der Waals surface area (Å²) < 4.78 is 12.1. The van der Waals surface area contributed by atoms with Crippen LogP contribution >= 0.6 is 31.9 Å². The number of hydrogen-bond donors (Lipinski definition) is 2. The first kappa shape index (κ1) is 38.4. The highest BCUT2D eigenvalue weighted by Crippen LogP contribution is 2.35. The highest BCUT2D eigenvalue weighted by molar-refractivity contribution is 9.11. The molecular weight excluding hydrogens is 798 g/mol. The molecule has 0 radical (unpaired) electrons. The van der Waals surface area contributed by atoms with Crippen LogP contribution in [0.5, 0.6) is 5.75 Å². The minimum Gasteiger partial charge on any atom is -0.506 e. The molecule has 2 aromatic rings. The van der Waals surface area contributed by atoms with Crippen molar-refractivity contribution in [1.82, 2.24) is 19.6 Å². The van der Waals surface area contributed by atoms with Gasteiger partial charge in [0.1, 0.15) is 5.75 Å². The van der Waals surface area contributed by atoms with Gasteiger partial charge in [-0.2, -0.15) is 0 Å². The van der Waals surface area contributed by atoms with E-state index in [0.29, 0.717) is 79.5 Å². The molecule has 3 aliphatic heterocycles. The van der Waals surface area contributed by atoms with Crippen LogP contribution < -0.4 is 5.32 Å². The third-order valence-corrected chi connectivity index (χ3v) is 12.2. The number of benzene rings is 2. The molecule has 4 amide bonds. The first-order valence-corrected chi connectivity index (χ1v) is 20.1. The van der Waals surface area contributed by atoms with E-state index in [9.17, 15) is 24.3 Å². The van der Waals surface area contributed by atoms with Crippen LogP contribution in [-0.4, -0.2) is 119 Å². The number of urea groups is 1. The van der Waals surface area contributed by atoms with Crippen molar-refractivity contribution in [1.29, 1.82) is 0 Å². The van der Waals surface area contributed by atoms with Crippen LogP contribution in [-0.2, 0) is 31.9 Å². The summed E-state index contributed by atoms with van der Waals surface area (Å²) in [5, 5.41) is 13.3. The maximum atomic E-state index is 14.1. The average molecular weight is 848 g/mol. The van der Waals surface area contributed by atoms with E-state index < -0.39 is 12.2 Å². The van der Waals surface area contributed by atoms with Gasteiger partial charge < -0.3 is 34.6 Å². The second-order valence-corrected chi connectivity index (χ2v) is 16.0. The molecular formula is C38H49Br2N5O7. The lowest BCUT2D eigenvalue weighted by molar-refractivity contribution is -0.144. The Bertz CT molecular complexity index is 1580. The normalized spacial score (nSPS) is 22.2. The summed E-state index contributed by atoms with van der Waals surface area (Å²) in [6, 6.07) is 11.6. The van der Waals surface area contributed by atoms with Crippen molar-refractivity contribution in [2.75, 3.05) is 57.7 Å². The number of phenolic OH excluding ortho intramolecular Hbond substituents is 1. The van der Waals surface area contributed by atoms with E-state index in [2.05, 4.69) is 42.1 Å². The Morgan fingerprint density at radius 2 is 1.56 bits per heavy atom. The Labute approximate surface area is 322 Å². The van der Waals surface area contributed by atoms with Gasteiger partial charge in [-0.05, 0) is 119 Å². The summed E-state index contributed by atoms with van der Waals surface area (Å²) in [5.74, 6) is 0.0751. The third-order valence-electron chi connectivity index (χ3n) is 11.0. The van der Waals surface area contributed by atoms with Crippen LogP contribution in [0.1, 0.15) is 63.0 Å². The van der Waals surface area contributed by atoms with Gasteiger partial charge in [-0.3, -0.25) is 14.5 Å². The van der Waals surface area contributed by atoms with Gasteiger partial charge in [-0.1, -0.05) is 18.2 Å². The van der Waals surface area contributed by atoms with E-state index in [1.54, 1.807) is 21.9 Å². The molecule has 282 valence electrons. The lowest BCUT2D eigenvalue weighted by Gasteiger charge is -2.42. The van der Waals surface area contributed by atoms with Crippen molar-refractivity contribution >= 4 is 61.5 Å². The average Bonchev–Trinajstić information content (AvgIpc) is 3.31. The van der Waals surface area contributed by atoms with Gasteiger partial charge in [0.2, 0.25) is 0 Å². The highest BCUT2D eigenvalue weighted by Gasteiger charge is 2.37. The summed E-state index contributed by atoms with van der Waals surface area (Å²) in [4.78, 5) is 60.6. The van der Waals surface area contributed by atoms with Crippen LogP contribution in [0, 0.1) is 5.92 Å². The van der Waals surface area contributed by atoms with Gasteiger partial charge in [0, 0.05) is 76.4 Å². The minimum absolute atomic E-state index is 0.00796. The van der Waals surface area contributed by atoms with E-state index >= 15 is 0 Å². The van der Waals surface area contributed by atoms with Crippen LogP contribution in [0.3, 0.4) is 0 Å². The largest absolute Gasteiger partial charge is 0.506 e. The number of carbonyl (C=O) groups is 4. The molecule has 2 N–H and O–H groups in total. The Kier molecular flexibility index (Phi) is 13.0. The summed E-state index contributed by atoms with van der Waals surface area (Å²) in [7, 11) is 0. The number of amides is 4. The standard InChI is InChI=1S/C38H49Br2N5O7/c1-2-51-34(46)24-25-7-9-28(10-8-25)42-17-19-43(20-18-42)36(48)33(23-26-21-30(39)35(47)31(40)22-26)52-38(50)44-14-12-29(13-15-44)45-16-11-27-5-3-4-6-32(27)41-37(45)49/h3-6,21-22,25,28-29,33,47H,2,7-20,23-24H2,1H3,(H,41,49)/t25?,28?,33-/m1/s1. The monoisotopic (exact) mass is 845 g/mol. The zero-order valence-corrected chi connectivity index (χ0v) is 32.9. The number of piperazine rings is 1. The molecule has 1 saturated carbocycles. The maximum absolute atomic E-state index is 14.1. The fraction of sp³-hybridized carbons (Fsp3) is 0.579. The molecule has 2 saturated heterocycles. The molecule has 0 bridgehead atoms. The van der Waals surface area contributed by atoms with Crippen LogP contribution in [0.2, 0.25) is 0 Å². The fourth-order valence-electron chi connectivity index (χ4n) is 8.10. The topological polar surface area (TPSA) is 132 Å². The third kappa shape index (κ3) is 9.40. The molecule has 52 heavy (non-hydrogen) atoms. The highest BCUT2D eigenvalue weighted by atomic mass is 79.9. The molecule has 3 heterocycles. The van der Waals surface area contributed by atoms with Gasteiger partial charge >= 0.3 is 18.1 Å². The van der Waals surface area contributed by atoms with Gasteiger partial charge in [0.15, 0.2) is 6.10 Å². The van der Waals surface area contributed by atoms with Gasteiger partial charge in [0.25, 0.3) is 5.91 Å². The number of nitrogens with one attached hydrogen (secondary N) is 1. The number of likely N-dealkylation sites (tertiary alicyclic amines) is 1. The number of halogens is 2. The first-order chi connectivity index (χ1) is 25.1. The summed E-state index contributed by atoms with van der Waals surface area (Å²) in [5.41, 5.74) is 2.68. The minimum atomic E-state index is -1.05. The van der Waals surface area contributed by atoms with Crippen LogP contribution in [0.25, 0.3) is 0 Å². The number of ether oxygens (including phenoxy) is 2. The lowest BCUT2D eigenvalue weighted by atomic mass is 9.83. The Morgan fingerprint density at radius 3 is 2.23 bits per heavy atom. The SMILES string of the molecule is CCOC(=O)CC1CCC(N2CCN(C(=O)[C@@H](Cc3cc(Br)c(O)c(Br)c3)OC(=O)N3CCC(N4CCc5ccccc5NC4=O)CC3)CC2)CC1. The van der Waals surface area contributed by atoms with Crippen LogP contribution in [0.15, 0.2) is 45.3 Å². The number of piperidine rings is 1. The Morgan fingerprint density at radius 1 is 0.885 bits per heavy atom. The second kappa shape index (κ2) is 17.6. The molecule has 1 aliphatic carbocycles. The first-order valence-electron chi connectivity index (χ1n) is 18.6. The molecule has 3 fully saturated rings. The zero-order valence-electron chi connectivity index (χ0n) is 29.7. The molecule has 0 spiro atoms. The number of carbonyl (C=O) groups excluding carboxylic acids is 4. The predicted octanol–water partition coefficient (Wildman–Crippen LogP) is 6.18. The maximum Gasteiger partial charge on any atom is 0.410 e. The summed E-state index contributed by atoms with van der Waals surface area (Å²) in [6.45, 7) is 6.22. The van der Waals surface area contributed by atoms with Crippen molar-refractivity contribution in [3.8, 4) is 5.75 Å². The van der Waals surface area contributed by atoms with E-state index in [4.69, 9.17) is 9.47 Å². The Balaban J connectivity index is 1.05. The van der Waals surface area contributed by atoms with Gasteiger partial charge in [-0.25, -0.2) is 9.59 Å². The van der Waals surface area contributed by atoms with Crippen LogP contribution in [0.4, 0.5) is 15.3 Å². The van der Waals surface area contributed by atoms with Crippen molar-refractivity contribution in [2.24, 2.45) is 5.92 Å². The van der Waals surface area contributed by atoms with E-state index in [1.807, 2.05) is 36.1 Å². The van der Waals surface area contributed by atoms with Crippen molar-refractivity contribution in [3.05, 3.63) is 56.5 Å². The fourth-order valence-corrected chi connectivity index (χ4v) is 9.39. The lowest BCUT2D eigenvalue weighted by Crippen LogP contribution is -2.55. The molecule has 12 nitrogen and oxygen atoms in total. The van der Waals surface area contributed by atoms with Crippen molar-refractivity contribution in [2.45, 2.75) is 82.9 Å². The molecule has 0 aromatic heterocycles. The molecule has 6 rings (SSSR count). The Hall–Kier alpha value is -3.36. The van der Waals surface area contributed by atoms with Crippen molar-refractivity contribution < 1.29 is 33.8 Å². The van der Waals surface area contributed by atoms with Gasteiger partial charge in [-0.15, -0.1) is 0 Å². The number of esters is 1. The smallest absolute Gasteiger partial charge is 0.410 e. The number of anilines is 1. The van der Waals surface area contributed by atoms with E-state index in [1.165, 1.54) is 0 Å². The number of rotatable bonds is 9. The number of para-hydroxylation sites is 1. The van der Waals surface area contributed by atoms with Crippen molar-refractivity contribution in [3.63, 3.8) is 0 Å². The number of nitrogens with zero attached hydrogens (tertiary/aromatic N) is 4. The summed E-state index contributed by atoms with van der Waals surface area (Å²) >= 11 is 6.77. The number of aromatic hydroxyl groups is 1. The predicted molar refractivity (Wildman–Crippen MR) is 203 cm³/mol. The van der Waals surface area contributed by atoms with Gasteiger partial charge in [0.05, 0.1) is 15.6 Å². The summed E-state index contributed by atoms with van der Waals surface area (Å²) in [6.07, 6.45) is 5.07.